The first-order valence-corrected chi connectivity index (χ1v) is 13.2. The summed E-state index contributed by atoms with van der Waals surface area (Å²) in [5.41, 5.74) is 2.94. The van der Waals surface area contributed by atoms with Crippen LogP contribution in [0.4, 0.5) is 11.6 Å². The van der Waals surface area contributed by atoms with Crippen molar-refractivity contribution in [1.82, 2.24) is 40.2 Å². The van der Waals surface area contributed by atoms with Crippen LogP contribution in [-0.2, 0) is 9.53 Å². The van der Waals surface area contributed by atoms with Crippen molar-refractivity contribution in [3.63, 3.8) is 0 Å². The van der Waals surface area contributed by atoms with Gasteiger partial charge in [0.15, 0.2) is 11.6 Å². The number of pyridine rings is 1. The highest BCUT2D eigenvalue weighted by molar-refractivity contribution is 5.85. The molecule has 4 heterocycles. The van der Waals surface area contributed by atoms with Gasteiger partial charge in [0.05, 0.1) is 12.2 Å². The zero-order valence-electron chi connectivity index (χ0n) is 23.0. The smallest absolute Gasteiger partial charge is 0.252 e. The number of methoxy groups -OCH3 is 1. The van der Waals surface area contributed by atoms with Gasteiger partial charge in [0.1, 0.15) is 17.2 Å². The molecular weight excluding hydrogens is 494 g/mol. The molecule has 0 radical (unpaired) electrons. The normalized spacial score (nSPS) is 20.0. The zero-order valence-corrected chi connectivity index (χ0v) is 23.0. The average molecular weight is 530 g/mol. The van der Waals surface area contributed by atoms with Gasteiger partial charge in [-0.2, -0.15) is 10.2 Å². The summed E-state index contributed by atoms with van der Waals surface area (Å²) in [4.78, 5) is 27.5. The van der Waals surface area contributed by atoms with Crippen molar-refractivity contribution >= 4 is 17.5 Å². The Balaban J connectivity index is 1.22. The molecule has 1 saturated carbocycles. The van der Waals surface area contributed by atoms with Crippen LogP contribution in [0.5, 0.6) is 0 Å². The molecule has 1 aliphatic rings. The summed E-state index contributed by atoms with van der Waals surface area (Å²) in [6.07, 6.45) is 8.16. The predicted molar refractivity (Wildman–Crippen MR) is 147 cm³/mol. The molecule has 1 aliphatic carbocycles. The number of carbonyl (C=O) groups excluding carboxylic acids is 1. The van der Waals surface area contributed by atoms with Crippen molar-refractivity contribution in [2.45, 2.75) is 70.9 Å². The van der Waals surface area contributed by atoms with E-state index in [-0.39, 0.29) is 17.9 Å². The van der Waals surface area contributed by atoms with Crippen LogP contribution in [0.25, 0.3) is 5.82 Å². The van der Waals surface area contributed by atoms with E-state index in [2.05, 4.69) is 30.9 Å². The van der Waals surface area contributed by atoms with E-state index < -0.39 is 5.60 Å². The molecule has 11 nitrogen and oxygen atoms in total. The maximum atomic E-state index is 13.5. The fraction of sp³-hybridized carbons (Fsp3) is 0.429. The van der Waals surface area contributed by atoms with E-state index >= 15 is 0 Å². The molecule has 0 aliphatic heterocycles. The van der Waals surface area contributed by atoms with Crippen molar-refractivity contribution in [1.29, 1.82) is 0 Å². The van der Waals surface area contributed by atoms with Crippen LogP contribution in [0.3, 0.4) is 0 Å². The molecule has 1 atom stereocenters. The number of hydrogen-bond donors (Lipinski definition) is 3. The molecule has 1 amide bonds. The van der Waals surface area contributed by atoms with Gasteiger partial charge in [-0.15, -0.1) is 0 Å². The summed E-state index contributed by atoms with van der Waals surface area (Å²) < 4.78 is 7.60. The van der Waals surface area contributed by atoms with Crippen LogP contribution in [0.2, 0.25) is 0 Å². The molecule has 4 aromatic rings. The van der Waals surface area contributed by atoms with Gasteiger partial charge >= 0.3 is 0 Å². The molecule has 11 heteroatoms. The molecule has 0 bridgehead atoms. The summed E-state index contributed by atoms with van der Waals surface area (Å²) in [5, 5.41) is 17.9. The minimum absolute atomic E-state index is 0.107. The Morgan fingerprint density at radius 1 is 1.13 bits per heavy atom. The highest BCUT2D eigenvalue weighted by Crippen LogP contribution is 2.39. The molecule has 0 aromatic carbocycles. The summed E-state index contributed by atoms with van der Waals surface area (Å²) in [6, 6.07) is 7.48. The third kappa shape index (κ3) is 5.83. The van der Waals surface area contributed by atoms with Gasteiger partial charge in [0, 0.05) is 48.9 Å². The molecular formula is C28H35N9O2. The van der Waals surface area contributed by atoms with Gasteiger partial charge in [0.25, 0.3) is 5.91 Å². The lowest BCUT2D eigenvalue weighted by atomic mass is 9.77. The van der Waals surface area contributed by atoms with Gasteiger partial charge in [-0.1, -0.05) is 6.07 Å². The Hall–Kier alpha value is -4.12. The number of amides is 1. The molecule has 4 aromatic heterocycles. The Bertz CT molecular complexity index is 1440. The minimum Gasteiger partial charge on any atom is -0.368 e. The summed E-state index contributed by atoms with van der Waals surface area (Å²) in [6.45, 7) is 7.85. The first kappa shape index (κ1) is 26.5. The second-order valence-corrected chi connectivity index (χ2v) is 10.4. The van der Waals surface area contributed by atoms with Crippen LogP contribution >= 0.6 is 0 Å². The van der Waals surface area contributed by atoms with E-state index in [4.69, 9.17) is 14.7 Å². The number of H-pyrrole nitrogens is 1. The first-order valence-electron chi connectivity index (χ1n) is 13.2. The van der Waals surface area contributed by atoms with Crippen molar-refractivity contribution in [3.05, 3.63) is 71.2 Å². The SMILES string of the molecule is COC1(C(=O)N[C@@H](C)c2ccc(-n3cc(C)cn3)nc2)CCC(c2nc(C)cc(Nc3cc(C)[nH]n3)n2)CC1. The lowest BCUT2D eigenvalue weighted by Crippen LogP contribution is -2.50. The van der Waals surface area contributed by atoms with Gasteiger partial charge < -0.3 is 15.4 Å². The van der Waals surface area contributed by atoms with Crippen LogP contribution in [0.15, 0.2) is 42.9 Å². The lowest BCUT2D eigenvalue weighted by Gasteiger charge is -2.38. The fourth-order valence-electron chi connectivity index (χ4n) is 5.06. The molecule has 39 heavy (non-hydrogen) atoms. The van der Waals surface area contributed by atoms with Crippen LogP contribution in [0, 0.1) is 20.8 Å². The minimum atomic E-state index is -0.887. The van der Waals surface area contributed by atoms with Gasteiger partial charge in [-0.3, -0.25) is 9.89 Å². The topological polar surface area (TPSA) is 136 Å². The largest absolute Gasteiger partial charge is 0.368 e. The van der Waals surface area contributed by atoms with Crippen LogP contribution in [0.1, 0.15) is 72.9 Å². The molecule has 5 rings (SSSR count). The second-order valence-electron chi connectivity index (χ2n) is 10.4. The maximum absolute atomic E-state index is 13.5. The number of rotatable bonds is 8. The highest BCUT2D eigenvalue weighted by Gasteiger charge is 2.43. The van der Waals surface area contributed by atoms with E-state index in [0.29, 0.717) is 24.5 Å². The number of aromatic nitrogens is 7. The van der Waals surface area contributed by atoms with E-state index in [1.807, 2.05) is 58.2 Å². The summed E-state index contributed by atoms with van der Waals surface area (Å²) in [7, 11) is 1.62. The highest BCUT2D eigenvalue weighted by atomic mass is 16.5. The van der Waals surface area contributed by atoms with Crippen LogP contribution < -0.4 is 10.6 Å². The molecule has 0 spiro atoms. The number of anilines is 2. The third-order valence-corrected chi connectivity index (χ3v) is 7.36. The van der Waals surface area contributed by atoms with E-state index in [1.54, 1.807) is 24.2 Å². The number of nitrogens with zero attached hydrogens (tertiary/aromatic N) is 6. The Morgan fingerprint density at radius 2 is 1.92 bits per heavy atom. The van der Waals surface area contributed by atoms with Crippen LogP contribution in [-0.4, -0.2) is 53.5 Å². The van der Waals surface area contributed by atoms with Gasteiger partial charge in [-0.25, -0.2) is 19.6 Å². The number of carbonyl (C=O) groups is 1. The second kappa shape index (κ2) is 10.9. The lowest BCUT2D eigenvalue weighted by molar-refractivity contribution is -0.148. The van der Waals surface area contributed by atoms with Crippen molar-refractivity contribution in [2.24, 2.45) is 0 Å². The molecule has 204 valence electrons. The standard InChI is InChI=1S/C28H35N9O2/c1-17-14-30-37(16-17)25-7-6-22(15-29-25)20(4)32-27(38)28(39-5)10-8-21(9-11-28)26-31-18(2)12-23(34-26)33-24-13-19(3)35-36-24/h6-7,12-16,20-21H,8-11H2,1-5H3,(H,32,38)(H2,31,33,34,35,36)/t20-,21?,28?/m0/s1. The average Bonchev–Trinajstić information content (AvgIpc) is 3.55. The number of aromatic amines is 1. The maximum Gasteiger partial charge on any atom is 0.252 e. The Morgan fingerprint density at radius 3 is 2.54 bits per heavy atom. The quantitative estimate of drug-likeness (QED) is 0.306. The third-order valence-electron chi connectivity index (χ3n) is 7.36. The van der Waals surface area contributed by atoms with Crippen molar-refractivity contribution < 1.29 is 9.53 Å². The van der Waals surface area contributed by atoms with Gasteiger partial charge in [-0.05, 0) is 70.6 Å². The summed E-state index contributed by atoms with van der Waals surface area (Å²) >= 11 is 0. The van der Waals surface area contributed by atoms with Crippen molar-refractivity contribution in [2.75, 3.05) is 12.4 Å². The molecule has 1 fully saturated rings. The Kier molecular flexibility index (Phi) is 7.42. The predicted octanol–water partition coefficient (Wildman–Crippen LogP) is 4.37. The molecule has 3 N–H and O–H groups in total. The summed E-state index contributed by atoms with van der Waals surface area (Å²) in [5.74, 6) is 2.97. The van der Waals surface area contributed by atoms with E-state index in [9.17, 15) is 4.79 Å². The van der Waals surface area contributed by atoms with E-state index in [0.717, 1.165) is 47.0 Å². The van der Waals surface area contributed by atoms with E-state index in [1.165, 1.54) is 0 Å². The number of ether oxygens (including phenoxy) is 1. The monoisotopic (exact) mass is 529 g/mol. The Labute approximate surface area is 227 Å². The van der Waals surface area contributed by atoms with Crippen molar-refractivity contribution in [3.8, 4) is 5.82 Å². The molecule has 0 saturated heterocycles. The zero-order chi connectivity index (χ0) is 27.6. The van der Waals surface area contributed by atoms with Gasteiger partial charge in [0.2, 0.25) is 0 Å². The molecule has 0 unspecified atom stereocenters. The fourth-order valence-corrected chi connectivity index (χ4v) is 5.06. The number of hydrogen-bond acceptors (Lipinski definition) is 8. The number of aryl methyl sites for hydroxylation is 3. The number of nitrogens with one attached hydrogen (secondary N) is 3. The first-order chi connectivity index (χ1) is 18.7.